The highest BCUT2D eigenvalue weighted by Gasteiger charge is 2.11. The second-order valence-corrected chi connectivity index (χ2v) is 5.81. The average Bonchev–Trinajstić information content (AvgIpc) is 2.27. The molecule has 3 N–H and O–H groups in total. The van der Waals surface area contributed by atoms with Gasteiger partial charge in [0, 0.05) is 12.5 Å². The highest BCUT2D eigenvalue weighted by atomic mass is 16.1. The number of benzene rings is 1. The van der Waals surface area contributed by atoms with Crippen LogP contribution in [0.4, 0.5) is 0 Å². The van der Waals surface area contributed by atoms with Crippen LogP contribution < -0.4 is 11.1 Å². The summed E-state index contributed by atoms with van der Waals surface area (Å²) in [6.07, 6.45) is 1.46. The van der Waals surface area contributed by atoms with Gasteiger partial charge in [0.25, 0.3) is 0 Å². The Morgan fingerprint density at radius 2 is 1.74 bits per heavy atom. The Morgan fingerprint density at radius 3 is 2.21 bits per heavy atom. The summed E-state index contributed by atoms with van der Waals surface area (Å²) in [4.78, 5) is 11.7. The molecule has 1 rings (SSSR count). The monoisotopic (exact) mass is 262 g/mol. The minimum atomic E-state index is -0.0967. The van der Waals surface area contributed by atoms with E-state index in [1.165, 1.54) is 5.56 Å². The molecule has 3 nitrogen and oxygen atoms in total. The van der Waals surface area contributed by atoms with Crippen LogP contribution >= 0.6 is 0 Å². The zero-order valence-corrected chi connectivity index (χ0v) is 12.4. The first-order chi connectivity index (χ1) is 8.88. The fourth-order valence-electron chi connectivity index (χ4n) is 2.09. The lowest BCUT2D eigenvalue weighted by Crippen LogP contribution is -2.31. The number of rotatable bonds is 6. The summed E-state index contributed by atoms with van der Waals surface area (Å²) >= 11 is 0. The Kier molecular flexibility index (Phi) is 6.03. The lowest BCUT2D eigenvalue weighted by molar-refractivity contribution is -0.122. The molecular weight excluding hydrogens is 236 g/mol. The summed E-state index contributed by atoms with van der Waals surface area (Å²) in [5, 5.41) is 2.97. The van der Waals surface area contributed by atoms with Gasteiger partial charge in [0.2, 0.25) is 5.91 Å². The maximum atomic E-state index is 11.7. The number of nitrogens with two attached hydrogens (primary N) is 1. The summed E-state index contributed by atoms with van der Waals surface area (Å²) in [5.41, 5.74) is 8.08. The first-order valence-electron chi connectivity index (χ1n) is 7.02. The predicted molar refractivity (Wildman–Crippen MR) is 79.8 cm³/mol. The highest BCUT2D eigenvalue weighted by Crippen LogP contribution is 2.15. The minimum Gasteiger partial charge on any atom is -0.350 e. The number of nitrogens with one attached hydrogen (secondary N) is 1. The van der Waals surface area contributed by atoms with Crippen LogP contribution in [-0.2, 0) is 11.2 Å². The van der Waals surface area contributed by atoms with E-state index in [1.54, 1.807) is 0 Å². The normalized spacial score (nSPS) is 14.2. The van der Waals surface area contributed by atoms with E-state index in [2.05, 4.69) is 43.4 Å². The quantitative estimate of drug-likeness (QED) is 0.828. The molecule has 1 amide bonds. The van der Waals surface area contributed by atoms with Crippen LogP contribution in [0, 0.1) is 5.92 Å². The summed E-state index contributed by atoms with van der Waals surface area (Å²) in [5.74, 6) is 0.669. The minimum absolute atomic E-state index is 0.00811. The molecule has 2 unspecified atom stereocenters. The molecule has 1 aromatic carbocycles. The zero-order valence-electron chi connectivity index (χ0n) is 12.4. The van der Waals surface area contributed by atoms with E-state index in [9.17, 15) is 4.79 Å². The van der Waals surface area contributed by atoms with Crippen molar-refractivity contribution in [3.8, 4) is 0 Å². The molecule has 0 saturated carbocycles. The van der Waals surface area contributed by atoms with Gasteiger partial charge >= 0.3 is 0 Å². The third-order valence-corrected chi connectivity index (χ3v) is 3.01. The highest BCUT2D eigenvalue weighted by molar-refractivity contribution is 5.76. The van der Waals surface area contributed by atoms with Gasteiger partial charge < -0.3 is 11.1 Å². The lowest BCUT2D eigenvalue weighted by atomic mass is 10.00. The van der Waals surface area contributed by atoms with Crippen molar-refractivity contribution in [3.63, 3.8) is 0 Å². The predicted octanol–water partition coefficient (Wildman–Crippen LogP) is 2.80. The summed E-state index contributed by atoms with van der Waals surface area (Å²) in [6, 6.07) is 8.40. The molecular formula is C16H26N2O. The van der Waals surface area contributed by atoms with Gasteiger partial charge in [-0.25, -0.2) is 0 Å². The topological polar surface area (TPSA) is 55.1 Å². The molecule has 0 fully saturated rings. The van der Waals surface area contributed by atoms with Gasteiger partial charge in [-0.05, 0) is 37.3 Å². The van der Waals surface area contributed by atoms with E-state index in [0.29, 0.717) is 12.3 Å². The summed E-state index contributed by atoms with van der Waals surface area (Å²) in [6.45, 7) is 8.26. The van der Waals surface area contributed by atoms with E-state index in [4.69, 9.17) is 5.73 Å². The number of amides is 1. The lowest BCUT2D eigenvalue weighted by Gasteiger charge is -2.16. The maximum absolute atomic E-state index is 11.7. The van der Waals surface area contributed by atoms with Crippen molar-refractivity contribution in [2.45, 2.75) is 52.6 Å². The molecule has 0 aliphatic rings. The number of carbonyl (C=O) groups excluding carboxylic acids is 1. The Labute approximate surface area is 116 Å². The molecule has 0 saturated heterocycles. The molecule has 106 valence electrons. The van der Waals surface area contributed by atoms with Gasteiger partial charge in [0.05, 0.1) is 6.04 Å². The van der Waals surface area contributed by atoms with Crippen molar-refractivity contribution in [1.29, 1.82) is 0 Å². The fourth-order valence-corrected chi connectivity index (χ4v) is 2.09. The van der Waals surface area contributed by atoms with Crippen LogP contribution in [0.3, 0.4) is 0 Å². The standard InChI is InChI=1S/C16H26N2O/c1-11(2)9-14-5-7-15(8-6-14)13(4)18-16(19)10-12(3)17/h5-8,11-13H,9-10,17H2,1-4H3,(H,18,19). The van der Waals surface area contributed by atoms with E-state index in [-0.39, 0.29) is 18.0 Å². The average molecular weight is 262 g/mol. The Bertz CT molecular complexity index is 396. The van der Waals surface area contributed by atoms with Crippen LogP contribution in [0.5, 0.6) is 0 Å². The van der Waals surface area contributed by atoms with Crippen LogP contribution in [0.1, 0.15) is 51.3 Å². The van der Waals surface area contributed by atoms with Crippen LogP contribution in [-0.4, -0.2) is 11.9 Å². The second-order valence-electron chi connectivity index (χ2n) is 5.81. The fraction of sp³-hybridized carbons (Fsp3) is 0.562. The van der Waals surface area contributed by atoms with Crippen LogP contribution in [0.15, 0.2) is 24.3 Å². The van der Waals surface area contributed by atoms with Crippen molar-refractivity contribution >= 4 is 5.91 Å². The van der Waals surface area contributed by atoms with E-state index >= 15 is 0 Å². The third-order valence-electron chi connectivity index (χ3n) is 3.01. The molecule has 0 aliphatic carbocycles. The molecule has 0 heterocycles. The zero-order chi connectivity index (χ0) is 14.4. The van der Waals surface area contributed by atoms with E-state index in [1.807, 2.05) is 13.8 Å². The van der Waals surface area contributed by atoms with Gasteiger partial charge in [0.15, 0.2) is 0 Å². The smallest absolute Gasteiger partial charge is 0.222 e. The van der Waals surface area contributed by atoms with Crippen molar-refractivity contribution < 1.29 is 4.79 Å². The molecule has 0 bridgehead atoms. The Morgan fingerprint density at radius 1 is 1.16 bits per heavy atom. The van der Waals surface area contributed by atoms with Gasteiger partial charge in [0.1, 0.15) is 0 Å². The maximum Gasteiger partial charge on any atom is 0.222 e. The van der Waals surface area contributed by atoms with Crippen LogP contribution in [0.25, 0.3) is 0 Å². The first-order valence-corrected chi connectivity index (χ1v) is 7.02. The largest absolute Gasteiger partial charge is 0.350 e. The molecule has 1 aromatic rings. The Hall–Kier alpha value is -1.35. The molecule has 2 atom stereocenters. The number of hydrogen-bond donors (Lipinski definition) is 2. The molecule has 0 radical (unpaired) electrons. The molecule has 0 aliphatic heterocycles. The van der Waals surface area contributed by atoms with Crippen LogP contribution in [0.2, 0.25) is 0 Å². The van der Waals surface area contributed by atoms with Crippen molar-refractivity contribution in [3.05, 3.63) is 35.4 Å². The van der Waals surface area contributed by atoms with Gasteiger partial charge in [-0.3, -0.25) is 4.79 Å². The van der Waals surface area contributed by atoms with Crippen molar-refractivity contribution in [1.82, 2.24) is 5.32 Å². The van der Waals surface area contributed by atoms with Gasteiger partial charge in [-0.1, -0.05) is 38.1 Å². The first kappa shape index (κ1) is 15.7. The summed E-state index contributed by atoms with van der Waals surface area (Å²) < 4.78 is 0. The number of hydrogen-bond acceptors (Lipinski definition) is 2. The van der Waals surface area contributed by atoms with E-state index < -0.39 is 0 Å². The molecule has 0 aromatic heterocycles. The number of carbonyl (C=O) groups is 1. The summed E-state index contributed by atoms with van der Waals surface area (Å²) in [7, 11) is 0. The van der Waals surface area contributed by atoms with Gasteiger partial charge in [-0.15, -0.1) is 0 Å². The molecule has 3 heteroatoms. The van der Waals surface area contributed by atoms with Crippen molar-refractivity contribution in [2.75, 3.05) is 0 Å². The molecule has 0 spiro atoms. The third kappa shape index (κ3) is 5.88. The molecule has 19 heavy (non-hydrogen) atoms. The SMILES string of the molecule is CC(C)Cc1ccc(C(C)NC(=O)CC(C)N)cc1. The second kappa shape index (κ2) is 7.29. The Balaban J connectivity index is 2.57. The van der Waals surface area contributed by atoms with Gasteiger partial charge in [-0.2, -0.15) is 0 Å². The van der Waals surface area contributed by atoms with E-state index in [0.717, 1.165) is 12.0 Å². The van der Waals surface area contributed by atoms with Crippen molar-refractivity contribution in [2.24, 2.45) is 11.7 Å².